The number of rotatable bonds is 9. The molecule has 0 saturated carbocycles. The molecule has 0 aromatic heterocycles. The summed E-state index contributed by atoms with van der Waals surface area (Å²) in [6, 6.07) is 22.5. The number of halogens is 1. The molecule has 0 unspecified atom stereocenters. The summed E-state index contributed by atoms with van der Waals surface area (Å²) in [5.41, 5.74) is 7.24. The van der Waals surface area contributed by atoms with Crippen molar-refractivity contribution in [3.05, 3.63) is 105 Å². The summed E-state index contributed by atoms with van der Waals surface area (Å²) in [5.74, 6) is -1.98. The van der Waals surface area contributed by atoms with Crippen LogP contribution in [0.4, 0.5) is 0 Å². The van der Waals surface area contributed by atoms with Gasteiger partial charge in [-0.15, -0.1) is 0 Å². The first kappa shape index (κ1) is 24.4. The minimum Gasteiger partial charge on any atom is -0.381 e. The average molecular weight is 557 g/mol. The Bertz CT molecular complexity index is 1090. The van der Waals surface area contributed by atoms with Crippen molar-refractivity contribution in [2.45, 2.75) is 24.6 Å². The lowest BCUT2D eigenvalue weighted by Crippen LogP contribution is -2.52. The zero-order chi connectivity index (χ0) is 23.8. The number of aliphatic hydroxyl groups is 1. The quantitative estimate of drug-likeness (QED) is 0.302. The van der Waals surface area contributed by atoms with Crippen LogP contribution in [0.3, 0.4) is 0 Å². The third-order valence-corrected chi connectivity index (χ3v) is 5.80. The van der Waals surface area contributed by atoms with Crippen LogP contribution in [0, 0.1) is 3.57 Å². The monoisotopic (exact) mass is 557 g/mol. The molecule has 0 aliphatic carbocycles. The van der Waals surface area contributed by atoms with Gasteiger partial charge in [-0.1, -0.05) is 60.7 Å². The molecule has 0 radical (unpaired) electrons. The molecule has 3 atom stereocenters. The van der Waals surface area contributed by atoms with Crippen LogP contribution < -0.4 is 16.4 Å². The van der Waals surface area contributed by atoms with Gasteiger partial charge in [-0.05, 0) is 58.0 Å². The number of primary amides is 1. The first-order valence-electron chi connectivity index (χ1n) is 10.3. The number of hydrogen-bond donors (Lipinski definition) is 4. The molecule has 0 saturated heterocycles. The molecular weight excluding hydrogens is 533 g/mol. The van der Waals surface area contributed by atoms with E-state index in [1.165, 1.54) is 0 Å². The highest BCUT2D eigenvalue weighted by Gasteiger charge is 2.31. The molecule has 5 N–H and O–H groups in total. The highest BCUT2D eigenvalue weighted by molar-refractivity contribution is 14.1. The number of carbonyl (C=O) groups is 3. The molecule has 3 rings (SSSR count). The molecule has 3 aromatic rings. The molecule has 3 amide bonds. The summed E-state index contributed by atoms with van der Waals surface area (Å²) < 4.78 is 1.03. The summed E-state index contributed by atoms with van der Waals surface area (Å²) >= 11 is 2.17. The van der Waals surface area contributed by atoms with Gasteiger partial charge in [0.05, 0.1) is 6.04 Å². The van der Waals surface area contributed by atoms with E-state index in [4.69, 9.17) is 5.73 Å². The largest absolute Gasteiger partial charge is 0.381 e. The third kappa shape index (κ3) is 6.87. The van der Waals surface area contributed by atoms with Gasteiger partial charge in [0, 0.05) is 15.6 Å². The number of hydrogen-bond acceptors (Lipinski definition) is 4. The summed E-state index contributed by atoms with van der Waals surface area (Å²) in [7, 11) is 0. The van der Waals surface area contributed by atoms with E-state index in [2.05, 4.69) is 33.2 Å². The molecule has 8 heteroatoms. The van der Waals surface area contributed by atoms with E-state index in [1.807, 2.05) is 24.3 Å². The van der Waals surface area contributed by atoms with Crippen molar-refractivity contribution >= 4 is 40.3 Å². The van der Waals surface area contributed by atoms with Crippen LogP contribution in [0.1, 0.15) is 27.5 Å². The summed E-state index contributed by atoms with van der Waals surface area (Å²) in [5, 5.41) is 16.1. The van der Waals surface area contributed by atoms with Gasteiger partial charge in [0.1, 0.15) is 6.04 Å². The second-order valence-corrected chi connectivity index (χ2v) is 8.71. The van der Waals surface area contributed by atoms with Gasteiger partial charge < -0.3 is 21.5 Å². The fraction of sp³-hybridized carbons (Fsp3) is 0.160. The van der Waals surface area contributed by atoms with Gasteiger partial charge in [-0.3, -0.25) is 14.4 Å². The third-order valence-electron chi connectivity index (χ3n) is 5.08. The second kappa shape index (κ2) is 11.6. The zero-order valence-corrected chi connectivity index (χ0v) is 19.8. The molecule has 0 bridgehead atoms. The predicted octanol–water partition coefficient (Wildman–Crippen LogP) is 2.34. The summed E-state index contributed by atoms with van der Waals surface area (Å²) in [6.45, 7) is 0. The first-order chi connectivity index (χ1) is 15.8. The van der Waals surface area contributed by atoms with Crippen LogP contribution in [0.2, 0.25) is 0 Å². The van der Waals surface area contributed by atoms with Crippen molar-refractivity contribution in [1.82, 2.24) is 10.6 Å². The lowest BCUT2D eigenvalue weighted by molar-refractivity contribution is -0.134. The van der Waals surface area contributed by atoms with Gasteiger partial charge >= 0.3 is 0 Å². The summed E-state index contributed by atoms with van der Waals surface area (Å²) in [4.78, 5) is 37.6. The SMILES string of the molecule is NC(=O)[C@H](Cc1ccc(I)cc1)NC(=O)[C@H](O)[C@@H](NC(=O)c1ccccc1)c1ccccc1. The Hall–Kier alpha value is -3.24. The standard InChI is InChI=1S/C25H24IN3O4/c26-19-13-11-16(12-14-19)15-20(23(27)31)28-25(33)22(30)21(17-7-3-1-4-8-17)29-24(32)18-9-5-2-6-10-18/h1-14,20-22,30H,15H2,(H2,27,31)(H,28,33)(H,29,32)/t20-,21-,22+/m0/s1. The van der Waals surface area contributed by atoms with E-state index in [0.717, 1.165) is 9.13 Å². The molecule has 3 aromatic carbocycles. The number of nitrogens with one attached hydrogen (secondary N) is 2. The minimum absolute atomic E-state index is 0.178. The van der Waals surface area contributed by atoms with Crippen molar-refractivity contribution in [2.24, 2.45) is 5.73 Å². The Kier molecular flexibility index (Phi) is 8.56. The maximum absolute atomic E-state index is 12.9. The van der Waals surface area contributed by atoms with Crippen LogP contribution in [0.25, 0.3) is 0 Å². The van der Waals surface area contributed by atoms with Crippen LogP contribution in [-0.4, -0.2) is 35.0 Å². The molecule has 0 aliphatic rings. The number of benzene rings is 3. The number of amides is 3. The number of carbonyl (C=O) groups excluding carboxylic acids is 3. The molecule has 33 heavy (non-hydrogen) atoms. The Morgan fingerprint density at radius 2 is 1.42 bits per heavy atom. The lowest BCUT2D eigenvalue weighted by Gasteiger charge is -2.26. The van der Waals surface area contributed by atoms with Crippen molar-refractivity contribution in [1.29, 1.82) is 0 Å². The van der Waals surface area contributed by atoms with Gasteiger partial charge in [0.25, 0.3) is 11.8 Å². The minimum atomic E-state index is -1.65. The molecule has 0 spiro atoms. The maximum Gasteiger partial charge on any atom is 0.252 e. The average Bonchev–Trinajstić information content (AvgIpc) is 2.83. The van der Waals surface area contributed by atoms with Crippen molar-refractivity contribution in [3.63, 3.8) is 0 Å². The van der Waals surface area contributed by atoms with E-state index in [9.17, 15) is 19.5 Å². The van der Waals surface area contributed by atoms with E-state index < -0.39 is 35.9 Å². The van der Waals surface area contributed by atoms with Crippen molar-refractivity contribution in [2.75, 3.05) is 0 Å². The van der Waals surface area contributed by atoms with Crippen LogP contribution in [0.15, 0.2) is 84.9 Å². The van der Waals surface area contributed by atoms with Gasteiger partial charge in [0.2, 0.25) is 5.91 Å². The second-order valence-electron chi connectivity index (χ2n) is 7.47. The van der Waals surface area contributed by atoms with Crippen molar-refractivity contribution < 1.29 is 19.5 Å². The highest BCUT2D eigenvalue weighted by Crippen LogP contribution is 2.19. The maximum atomic E-state index is 12.9. The fourth-order valence-corrected chi connectivity index (χ4v) is 3.67. The number of nitrogens with two attached hydrogens (primary N) is 1. The molecule has 0 fully saturated rings. The Labute approximate surface area is 205 Å². The molecule has 7 nitrogen and oxygen atoms in total. The lowest BCUT2D eigenvalue weighted by atomic mass is 9.99. The first-order valence-corrected chi connectivity index (χ1v) is 11.4. The van der Waals surface area contributed by atoms with Gasteiger partial charge in [-0.25, -0.2) is 0 Å². The Morgan fingerprint density at radius 1 is 0.848 bits per heavy atom. The molecule has 0 heterocycles. The summed E-state index contributed by atoms with van der Waals surface area (Å²) in [6.07, 6.45) is -1.48. The highest BCUT2D eigenvalue weighted by atomic mass is 127. The van der Waals surface area contributed by atoms with Gasteiger partial charge in [0.15, 0.2) is 6.10 Å². The Morgan fingerprint density at radius 3 is 2.00 bits per heavy atom. The van der Waals surface area contributed by atoms with Gasteiger partial charge in [-0.2, -0.15) is 0 Å². The fourth-order valence-electron chi connectivity index (χ4n) is 3.31. The van der Waals surface area contributed by atoms with Crippen LogP contribution in [-0.2, 0) is 16.0 Å². The predicted molar refractivity (Wildman–Crippen MR) is 133 cm³/mol. The molecule has 170 valence electrons. The zero-order valence-electron chi connectivity index (χ0n) is 17.6. The number of aliphatic hydroxyl groups excluding tert-OH is 1. The van der Waals surface area contributed by atoms with Crippen LogP contribution in [0.5, 0.6) is 0 Å². The van der Waals surface area contributed by atoms with E-state index in [0.29, 0.717) is 11.1 Å². The van der Waals surface area contributed by atoms with E-state index >= 15 is 0 Å². The van der Waals surface area contributed by atoms with Crippen molar-refractivity contribution in [3.8, 4) is 0 Å². The van der Waals surface area contributed by atoms with E-state index in [-0.39, 0.29) is 6.42 Å². The Balaban J connectivity index is 1.78. The van der Waals surface area contributed by atoms with Crippen LogP contribution >= 0.6 is 22.6 Å². The normalized spacial score (nSPS) is 13.4. The molecule has 0 aliphatic heterocycles. The van der Waals surface area contributed by atoms with E-state index in [1.54, 1.807) is 60.7 Å². The topological polar surface area (TPSA) is 122 Å². The molecular formula is C25H24IN3O4. The smallest absolute Gasteiger partial charge is 0.252 e.